The van der Waals surface area contributed by atoms with E-state index in [1.165, 1.54) is 12.1 Å². The van der Waals surface area contributed by atoms with Gasteiger partial charge in [-0.25, -0.2) is 4.98 Å². The van der Waals surface area contributed by atoms with Crippen LogP contribution in [0.25, 0.3) is 0 Å². The summed E-state index contributed by atoms with van der Waals surface area (Å²) >= 11 is 1.66. The second-order valence-corrected chi connectivity index (χ2v) is 6.66. The summed E-state index contributed by atoms with van der Waals surface area (Å²) in [5.41, 5.74) is 0.883. The molecule has 0 unspecified atom stereocenters. The zero-order chi connectivity index (χ0) is 14.8. The molecule has 106 valence electrons. The van der Waals surface area contributed by atoms with Crippen molar-refractivity contribution in [3.63, 3.8) is 0 Å². The van der Waals surface area contributed by atoms with E-state index in [-0.39, 0.29) is 11.1 Å². The Kier molecular flexibility index (Phi) is 4.04. The van der Waals surface area contributed by atoms with Gasteiger partial charge in [0.1, 0.15) is 0 Å². The molecule has 0 bridgehead atoms. The maximum atomic E-state index is 10.7. The fourth-order valence-electron chi connectivity index (χ4n) is 1.65. The lowest BCUT2D eigenvalue weighted by Gasteiger charge is -2.13. The van der Waals surface area contributed by atoms with Gasteiger partial charge in [0.2, 0.25) is 0 Å². The normalized spacial score (nSPS) is 11.3. The summed E-state index contributed by atoms with van der Waals surface area (Å²) in [6.07, 6.45) is 1.86. The summed E-state index contributed by atoms with van der Waals surface area (Å²) < 4.78 is 0. The molecule has 0 spiro atoms. The maximum Gasteiger partial charge on any atom is 0.271 e. The van der Waals surface area contributed by atoms with Crippen LogP contribution in [0.5, 0.6) is 0 Å². The third-order valence-electron chi connectivity index (χ3n) is 2.72. The monoisotopic (exact) mass is 291 g/mol. The summed E-state index contributed by atoms with van der Waals surface area (Å²) in [4.78, 5) is 15.8. The Bertz CT molecular complexity index is 617. The van der Waals surface area contributed by atoms with Gasteiger partial charge in [0.15, 0.2) is 0 Å². The number of thiazole rings is 1. The molecule has 1 aromatic heterocycles. The van der Waals surface area contributed by atoms with Crippen LogP contribution in [0.3, 0.4) is 0 Å². The van der Waals surface area contributed by atoms with Crippen molar-refractivity contribution in [1.29, 1.82) is 0 Å². The molecular formula is C14H17N3O2S. The van der Waals surface area contributed by atoms with E-state index < -0.39 is 4.92 Å². The average Bonchev–Trinajstić information content (AvgIpc) is 2.85. The molecule has 0 aliphatic carbocycles. The lowest BCUT2D eigenvalue weighted by molar-refractivity contribution is -0.384. The van der Waals surface area contributed by atoms with Crippen LogP contribution < -0.4 is 5.32 Å². The van der Waals surface area contributed by atoms with Crippen LogP contribution in [0.1, 0.15) is 30.7 Å². The van der Waals surface area contributed by atoms with Gasteiger partial charge in [-0.05, 0) is 6.07 Å². The van der Waals surface area contributed by atoms with Gasteiger partial charge in [0.25, 0.3) is 5.69 Å². The van der Waals surface area contributed by atoms with Gasteiger partial charge in [-0.2, -0.15) is 0 Å². The summed E-state index contributed by atoms with van der Waals surface area (Å²) in [5, 5.41) is 15.0. The third-order valence-corrected chi connectivity index (χ3v) is 4.14. The number of anilines is 1. The molecule has 1 heterocycles. The highest BCUT2D eigenvalue weighted by molar-refractivity contribution is 7.11. The van der Waals surface area contributed by atoms with Crippen LogP contribution in [0.15, 0.2) is 30.5 Å². The Morgan fingerprint density at radius 1 is 1.40 bits per heavy atom. The molecule has 2 rings (SSSR count). The maximum absolute atomic E-state index is 10.7. The van der Waals surface area contributed by atoms with Crippen molar-refractivity contribution in [2.75, 3.05) is 5.32 Å². The number of nitrogens with zero attached hydrogens (tertiary/aromatic N) is 2. The van der Waals surface area contributed by atoms with E-state index in [0.29, 0.717) is 6.54 Å². The van der Waals surface area contributed by atoms with Crippen LogP contribution in [-0.2, 0) is 12.0 Å². The number of nitro benzene ring substituents is 1. The fourth-order valence-corrected chi connectivity index (χ4v) is 2.56. The molecule has 20 heavy (non-hydrogen) atoms. The molecule has 0 saturated heterocycles. The first-order valence-corrected chi connectivity index (χ1v) is 7.11. The Hall–Kier alpha value is -1.95. The van der Waals surface area contributed by atoms with Gasteiger partial charge in [0.05, 0.1) is 16.5 Å². The minimum absolute atomic E-state index is 0.0500. The minimum atomic E-state index is -0.393. The highest BCUT2D eigenvalue weighted by atomic mass is 32.1. The zero-order valence-corrected chi connectivity index (χ0v) is 12.5. The van der Waals surface area contributed by atoms with Crippen LogP contribution in [0.4, 0.5) is 11.4 Å². The van der Waals surface area contributed by atoms with Crippen molar-refractivity contribution >= 4 is 22.7 Å². The number of benzene rings is 1. The van der Waals surface area contributed by atoms with Crippen molar-refractivity contribution in [2.24, 2.45) is 0 Å². The number of rotatable bonds is 4. The van der Waals surface area contributed by atoms with Gasteiger partial charge in [-0.3, -0.25) is 10.1 Å². The van der Waals surface area contributed by atoms with Crippen molar-refractivity contribution < 1.29 is 4.92 Å². The number of hydrogen-bond donors (Lipinski definition) is 1. The van der Waals surface area contributed by atoms with E-state index >= 15 is 0 Å². The quantitative estimate of drug-likeness (QED) is 0.684. The second-order valence-electron chi connectivity index (χ2n) is 5.54. The summed E-state index contributed by atoms with van der Waals surface area (Å²) in [6, 6.07) is 6.51. The van der Waals surface area contributed by atoms with E-state index in [1.54, 1.807) is 17.4 Å². The van der Waals surface area contributed by atoms with Crippen LogP contribution in [0, 0.1) is 10.1 Å². The Balaban J connectivity index is 2.04. The number of hydrogen-bond acceptors (Lipinski definition) is 5. The summed E-state index contributed by atoms with van der Waals surface area (Å²) in [7, 11) is 0. The molecule has 0 fully saturated rings. The molecule has 6 heteroatoms. The smallest absolute Gasteiger partial charge is 0.271 e. The first kappa shape index (κ1) is 14.5. The number of nitro groups is 1. The number of aromatic nitrogens is 1. The van der Waals surface area contributed by atoms with Gasteiger partial charge < -0.3 is 5.32 Å². The van der Waals surface area contributed by atoms with E-state index in [4.69, 9.17) is 0 Å². The van der Waals surface area contributed by atoms with Gasteiger partial charge in [0, 0.05) is 34.3 Å². The van der Waals surface area contributed by atoms with Gasteiger partial charge >= 0.3 is 0 Å². The van der Waals surface area contributed by atoms with Crippen molar-refractivity contribution in [1.82, 2.24) is 4.98 Å². The zero-order valence-electron chi connectivity index (χ0n) is 11.7. The fraction of sp³-hybridized carbons (Fsp3) is 0.357. The molecule has 2 aromatic rings. The predicted molar refractivity (Wildman–Crippen MR) is 81.2 cm³/mol. The van der Waals surface area contributed by atoms with Crippen LogP contribution >= 0.6 is 11.3 Å². The third kappa shape index (κ3) is 3.54. The van der Waals surface area contributed by atoms with E-state index in [0.717, 1.165) is 15.6 Å². The van der Waals surface area contributed by atoms with Crippen molar-refractivity contribution in [3.8, 4) is 0 Å². The average molecular weight is 291 g/mol. The molecular weight excluding hydrogens is 274 g/mol. The highest BCUT2D eigenvalue weighted by Crippen LogP contribution is 2.27. The van der Waals surface area contributed by atoms with Crippen molar-refractivity contribution in [2.45, 2.75) is 32.7 Å². The minimum Gasteiger partial charge on any atom is -0.380 e. The molecule has 1 N–H and O–H groups in total. The number of non-ortho nitro benzene ring substituents is 1. The first-order chi connectivity index (χ1) is 9.36. The highest BCUT2D eigenvalue weighted by Gasteiger charge is 2.17. The molecule has 0 atom stereocenters. The van der Waals surface area contributed by atoms with Crippen LogP contribution in [-0.4, -0.2) is 9.91 Å². The molecule has 1 aromatic carbocycles. The van der Waals surface area contributed by atoms with E-state index in [9.17, 15) is 10.1 Å². The Morgan fingerprint density at radius 3 is 2.75 bits per heavy atom. The van der Waals surface area contributed by atoms with Gasteiger partial charge in [-0.15, -0.1) is 11.3 Å². The lowest BCUT2D eigenvalue weighted by atomic mass is 9.98. The first-order valence-electron chi connectivity index (χ1n) is 6.30. The summed E-state index contributed by atoms with van der Waals surface area (Å²) in [5.74, 6) is 0. The standard InChI is InChI=1S/C14H17N3O2S/c1-14(2,3)13-16-9-12(20-13)8-15-10-5-4-6-11(7-10)17(18)19/h4-7,9,15H,8H2,1-3H3. The molecule has 0 radical (unpaired) electrons. The largest absolute Gasteiger partial charge is 0.380 e. The predicted octanol–water partition coefficient (Wildman–Crippen LogP) is 3.96. The van der Waals surface area contributed by atoms with Crippen molar-refractivity contribution in [3.05, 3.63) is 50.5 Å². The Labute approximate surface area is 121 Å². The topological polar surface area (TPSA) is 68.1 Å². The van der Waals surface area contributed by atoms with E-state index in [1.807, 2.05) is 12.3 Å². The van der Waals surface area contributed by atoms with Crippen LogP contribution in [0.2, 0.25) is 0 Å². The molecule has 0 aliphatic rings. The molecule has 0 aliphatic heterocycles. The summed E-state index contributed by atoms with van der Waals surface area (Å²) in [6.45, 7) is 7.01. The SMILES string of the molecule is CC(C)(C)c1ncc(CNc2cccc([N+](=O)[O-])c2)s1. The second kappa shape index (κ2) is 5.58. The molecule has 5 nitrogen and oxygen atoms in total. The van der Waals surface area contributed by atoms with E-state index in [2.05, 4.69) is 31.1 Å². The molecule has 0 amide bonds. The number of nitrogens with one attached hydrogen (secondary N) is 1. The molecule has 0 saturated carbocycles. The van der Waals surface area contributed by atoms with Gasteiger partial charge in [-0.1, -0.05) is 26.8 Å². The Morgan fingerprint density at radius 2 is 2.15 bits per heavy atom. The lowest BCUT2D eigenvalue weighted by Crippen LogP contribution is -2.09.